The molecule has 2 N–H and O–H groups in total. The summed E-state index contributed by atoms with van der Waals surface area (Å²) in [5, 5.41) is 5.96. The van der Waals surface area contributed by atoms with Crippen molar-refractivity contribution in [1.29, 1.82) is 0 Å². The predicted molar refractivity (Wildman–Crippen MR) is 85.1 cm³/mol. The fourth-order valence-electron chi connectivity index (χ4n) is 2.14. The molecule has 0 unspecified atom stereocenters. The van der Waals surface area contributed by atoms with E-state index in [0.29, 0.717) is 29.6 Å². The molecule has 120 valence electrons. The van der Waals surface area contributed by atoms with E-state index in [4.69, 9.17) is 9.47 Å². The topological polar surface area (TPSA) is 85.4 Å². The molecule has 7 nitrogen and oxygen atoms in total. The van der Waals surface area contributed by atoms with E-state index in [9.17, 15) is 4.79 Å². The zero-order valence-electron chi connectivity index (χ0n) is 12.8. The van der Waals surface area contributed by atoms with Crippen LogP contribution in [0.25, 0.3) is 0 Å². The maximum atomic E-state index is 12.0. The Hall–Kier alpha value is -2.83. The standard InChI is InChI=1S/C16H18N4O3/c1-2-3-6-17-16(21)12-8-15(19-9-18-12)20-11-4-5-13-14(7-11)23-10-22-13/h4-5,7-9H,2-3,6,10H2,1H3,(H,17,21)(H,18,19,20). The normalized spacial score (nSPS) is 12.0. The Labute approximate surface area is 134 Å². The van der Waals surface area contributed by atoms with Gasteiger partial charge in [0.2, 0.25) is 6.79 Å². The minimum atomic E-state index is -0.199. The molecule has 2 aromatic rings. The highest BCUT2D eigenvalue weighted by molar-refractivity contribution is 5.92. The number of ether oxygens (including phenoxy) is 2. The van der Waals surface area contributed by atoms with Crippen LogP contribution in [0.2, 0.25) is 0 Å². The van der Waals surface area contributed by atoms with Crippen LogP contribution in [0.15, 0.2) is 30.6 Å². The molecule has 0 saturated carbocycles. The number of carbonyl (C=O) groups excluding carboxylic acids is 1. The number of anilines is 2. The van der Waals surface area contributed by atoms with Crippen molar-refractivity contribution in [3.05, 3.63) is 36.3 Å². The number of amides is 1. The van der Waals surface area contributed by atoms with Crippen molar-refractivity contribution in [1.82, 2.24) is 15.3 Å². The Balaban J connectivity index is 1.69. The van der Waals surface area contributed by atoms with Gasteiger partial charge in [-0.05, 0) is 18.6 Å². The first-order chi connectivity index (χ1) is 11.3. The van der Waals surface area contributed by atoms with E-state index >= 15 is 0 Å². The molecule has 7 heteroatoms. The number of nitrogens with zero attached hydrogens (tertiary/aromatic N) is 2. The van der Waals surface area contributed by atoms with Crippen molar-refractivity contribution >= 4 is 17.4 Å². The van der Waals surface area contributed by atoms with E-state index in [2.05, 4.69) is 27.5 Å². The Morgan fingerprint density at radius 1 is 1.22 bits per heavy atom. The molecule has 1 aromatic heterocycles. The first-order valence-corrected chi connectivity index (χ1v) is 7.53. The van der Waals surface area contributed by atoms with Crippen LogP contribution in [-0.4, -0.2) is 29.2 Å². The van der Waals surface area contributed by atoms with Crippen molar-refractivity contribution in [3.63, 3.8) is 0 Å². The van der Waals surface area contributed by atoms with Gasteiger partial charge in [-0.25, -0.2) is 9.97 Å². The quantitative estimate of drug-likeness (QED) is 0.797. The number of rotatable bonds is 6. The highest BCUT2D eigenvalue weighted by atomic mass is 16.7. The van der Waals surface area contributed by atoms with Gasteiger partial charge >= 0.3 is 0 Å². The van der Waals surface area contributed by atoms with Crippen molar-refractivity contribution < 1.29 is 14.3 Å². The SMILES string of the molecule is CCCCNC(=O)c1cc(Nc2ccc3c(c2)OCO3)ncn1. The van der Waals surface area contributed by atoms with Crippen LogP contribution in [0.5, 0.6) is 11.5 Å². The number of fused-ring (bicyclic) bond motifs is 1. The molecule has 1 aromatic carbocycles. The van der Waals surface area contributed by atoms with Gasteiger partial charge in [0.1, 0.15) is 17.8 Å². The Morgan fingerprint density at radius 2 is 2.09 bits per heavy atom. The number of hydrogen-bond donors (Lipinski definition) is 2. The minimum absolute atomic E-state index is 0.199. The van der Waals surface area contributed by atoms with Gasteiger partial charge in [0.15, 0.2) is 11.5 Å². The first kappa shape index (κ1) is 15.1. The van der Waals surface area contributed by atoms with Crippen LogP contribution in [0.4, 0.5) is 11.5 Å². The Bertz CT molecular complexity index is 705. The van der Waals surface area contributed by atoms with Gasteiger partial charge in [0.25, 0.3) is 5.91 Å². The molecule has 0 aliphatic carbocycles. The van der Waals surface area contributed by atoms with E-state index in [1.165, 1.54) is 6.33 Å². The monoisotopic (exact) mass is 314 g/mol. The molecule has 1 amide bonds. The second kappa shape index (κ2) is 6.95. The van der Waals surface area contributed by atoms with Crippen molar-refractivity contribution in [2.75, 3.05) is 18.7 Å². The van der Waals surface area contributed by atoms with E-state index < -0.39 is 0 Å². The van der Waals surface area contributed by atoms with Crippen molar-refractivity contribution in [2.24, 2.45) is 0 Å². The number of unbranched alkanes of at least 4 members (excludes halogenated alkanes) is 1. The number of hydrogen-bond acceptors (Lipinski definition) is 6. The van der Waals surface area contributed by atoms with Gasteiger partial charge in [-0.2, -0.15) is 0 Å². The maximum absolute atomic E-state index is 12.0. The Kier molecular flexibility index (Phi) is 4.56. The average Bonchev–Trinajstić information content (AvgIpc) is 3.03. The largest absolute Gasteiger partial charge is 0.454 e. The lowest BCUT2D eigenvalue weighted by molar-refractivity contribution is 0.0948. The van der Waals surface area contributed by atoms with Gasteiger partial charge in [0, 0.05) is 24.4 Å². The van der Waals surface area contributed by atoms with Gasteiger partial charge in [-0.15, -0.1) is 0 Å². The lowest BCUT2D eigenvalue weighted by atomic mass is 10.2. The molecular weight excluding hydrogens is 296 g/mol. The lowest BCUT2D eigenvalue weighted by Gasteiger charge is -2.08. The highest BCUT2D eigenvalue weighted by Crippen LogP contribution is 2.34. The lowest BCUT2D eigenvalue weighted by Crippen LogP contribution is -2.25. The van der Waals surface area contributed by atoms with Crippen molar-refractivity contribution in [3.8, 4) is 11.5 Å². The second-order valence-corrected chi connectivity index (χ2v) is 5.09. The van der Waals surface area contributed by atoms with Crippen LogP contribution >= 0.6 is 0 Å². The molecule has 0 saturated heterocycles. The molecule has 23 heavy (non-hydrogen) atoms. The van der Waals surface area contributed by atoms with Gasteiger partial charge < -0.3 is 20.1 Å². The number of aromatic nitrogens is 2. The molecule has 1 aliphatic rings. The molecule has 3 rings (SSSR count). The Morgan fingerprint density at radius 3 is 2.96 bits per heavy atom. The summed E-state index contributed by atoms with van der Waals surface area (Å²) in [5.74, 6) is 1.74. The molecule has 1 aliphatic heterocycles. The van der Waals surface area contributed by atoms with Gasteiger partial charge in [-0.3, -0.25) is 4.79 Å². The highest BCUT2D eigenvalue weighted by Gasteiger charge is 2.14. The van der Waals surface area contributed by atoms with E-state index in [1.54, 1.807) is 6.07 Å². The van der Waals surface area contributed by atoms with Crippen LogP contribution in [0.3, 0.4) is 0 Å². The van der Waals surface area contributed by atoms with Crippen LogP contribution in [0, 0.1) is 0 Å². The summed E-state index contributed by atoms with van der Waals surface area (Å²) in [6.45, 7) is 2.95. The maximum Gasteiger partial charge on any atom is 0.270 e. The van der Waals surface area contributed by atoms with Gasteiger partial charge in [-0.1, -0.05) is 13.3 Å². The van der Waals surface area contributed by atoms with Crippen LogP contribution in [-0.2, 0) is 0 Å². The summed E-state index contributed by atoms with van der Waals surface area (Å²) < 4.78 is 10.6. The van der Waals surface area contributed by atoms with E-state index in [1.807, 2.05) is 18.2 Å². The molecule has 0 spiro atoms. The summed E-state index contributed by atoms with van der Waals surface area (Å²) >= 11 is 0. The zero-order valence-corrected chi connectivity index (χ0v) is 12.8. The number of nitrogens with one attached hydrogen (secondary N) is 2. The third-order valence-corrected chi connectivity index (χ3v) is 3.36. The summed E-state index contributed by atoms with van der Waals surface area (Å²) in [4.78, 5) is 20.2. The fraction of sp³-hybridized carbons (Fsp3) is 0.312. The number of carbonyl (C=O) groups is 1. The first-order valence-electron chi connectivity index (χ1n) is 7.53. The summed E-state index contributed by atoms with van der Waals surface area (Å²) in [6.07, 6.45) is 3.34. The zero-order chi connectivity index (χ0) is 16.1. The average molecular weight is 314 g/mol. The molecule has 0 fully saturated rings. The summed E-state index contributed by atoms with van der Waals surface area (Å²) in [7, 11) is 0. The minimum Gasteiger partial charge on any atom is -0.454 e. The molecular formula is C16H18N4O3. The van der Waals surface area contributed by atoms with Crippen molar-refractivity contribution in [2.45, 2.75) is 19.8 Å². The molecule has 0 atom stereocenters. The summed E-state index contributed by atoms with van der Waals surface area (Å²) in [6, 6.07) is 7.12. The third-order valence-electron chi connectivity index (χ3n) is 3.36. The third kappa shape index (κ3) is 3.68. The van der Waals surface area contributed by atoms with Crippen LogP contribution < -0.4 is 20.1 Å². The van der Waals surface area contributed by atoms with Gasteiger partial charge in [0.05, 0.1) is 0 Å². The fourth-order valence-corrected chi connectivity index (χ4v) is 2.14. The molecule has 0 radical (unpaired) electrons. The molecule has 0 bridgehead atoms. The van der Waals surface area contributed by atoms with E-state index in [0.717, 1.165) is 18.5 Å². The van der Waals surface area contributed by atoms with E-state index in [-0.39, 0.29) is 12.7 Å². The molecule has 2 heterocycles. The number of benzene rings is 1. The second-order valence-electron chi connectivity index (χ2n) is 5.09. The smallest absolute Gasteiger partial charge is 0.270 e. The summed E-state index contributed by atoms with van der Waals surface area (Å²) in [5.41, 5.74) is 1.13. The predicted octanol–water partition coefficient (Wildman–Crippen LogP) is 2.48. The van der Waals surface area contributed by atoms with Crippen LogP contribution in [0.1, 0.15) is 30.3 Å².